The third-order valence-electron chi connectivity index (χ3n) is 3.38. The molecule has 0 fully saturated rings. The smallest absolute Gasteiger partial charge is 0.372 e. The molecule has 1 rings (SSSR count). The van der Waals surface area contributed by atoms with E-state index in [4.69, 9.17) is 0 Å². The highest BCUT2D eigenvalue weighted by atomic mass is 19.4. The van der Waals surface area contributed by atoms with Crippen LogP contribution in [0, 0.1) is 6.92 Å². The van der Waals surface area contributed by atoms with Gasteiger partial charge in [-0.1, -0.05) is 31.2 Å². The number of benzene rings is 1. The average molecular weight is 303 g/mol. The van der Waals surface area contributed by atoms with Gasteiger partial charge in [-0.25, -0.2) is 0 Å². The van der Waals surface area contributed by atoms with E-state index in [9.17, 15) is 13.2 Å². The predicted molar refractivity (Wildman–Crippen MR) is 78.6 cm³/mol. The van der Waals surface area contributed by atoms with E-state index in [0.717, 1.165) is 19.5 Å². The number of likely N-dealkylation sites (N-methyl/N-ethyl adjacent to an activating group) is 1. The molecule has 1 aromatic carbocycles. The molecule has 1 atom stereocenters. The number of aryl methyl sites for hydroxylation is 1. The van der Waals surface area contributed by atoms with Crippen molar-refractivity contribution in [3.05, 3.63) is 35.4 Å². The zero-order valence-corrected chi connectivity index (χ0v) is 12.7. The summed E-state index contributed by atoms with van der Waals surface area (Å²) in [6.07, 6.45) is -2.80. The van der Waals surface area contributed by atoms with E-state index in [2.05, 4.69) is 29.1 Å². The zero-order chi connectivity index (χ0) is 15.7. The number of halogens is 3. The molecule has 0 saturated heterocycles. The molecule has 0 radical (unpaired) electrons. The molecule has 0 saturated carbocycles. The van der Waals surface area contributed by atoms with Crippen LogP contribution in [0.1, 0.15) is 36.8 Å². The van der Waals surface area contributed by atoms with Crippen molar-refractivity contribution in [3.63, 3.8) is 0 Å². The Morgan fingerprint density at radius 3 is 2.57 bits per heavy atom. The molecule has 0 heterocycles. The predicted octanol–water partition coefficient (Wildman–Crippen LogP) is 4.05. The van der Waals surface area contributed by atoms with Crippen LogP contribution in [0.25, 0.3) is 0 Å². The quantitative estimate of drug-likeness (QED) is 0.695. The van der Waals surface area contributed by atoms with Gasteiger partial charge < -0.3 is 10.1 Å². The molecular weight excluding hydrogens is 279 g/mol. The Kier molecular flexibility index (Phi) is 7.75. The first-order valence-electron chi connectivity index (χ1n) is 7.34. The van der Waals surface area contributed by atoms with Crippen LogP contribution in [0.2, 0.25) is 0 Å². The van der Waals surface area contributed by atoms with E-state index < -0.39 is 12.8 Å². The van der Waals surface area contributed by atoms with E-state index >= 15 is 0 Å². The van der Waals surface area contributed by atoms with Gasteiger partial charge in [0.2, 0.25) is 0 Å². The fourth-order valence-electron chi connectivity index (χ4n) is 2.35. The van der Waals surface area contributed by atoms with Crippen molar-refractivity contribution in [2.75, 3.05) is 26.3 Å². The molecule has 1 aromatic rings. The maximum Gasteiger partial charge on any atom is 0.411 e. The van der Waals surface area contributed by atoms with Gasteiger partial charge in [0.15, 0.2) is 0 Å². The van der Waals surface area contributed by atoms with Gasteiger partial charge in [0, 0.05) is 13.2 Å². The van der Waals surface area contributed by atoms with Crippen molar-refractivity contribution in [2.45, 2.75) is 38.8 Å². The first-order chi connectivity index (χ1) is 9.94. The summed E-state index contributed by atoms with van der Waals surface area (Å²) in [5, 5.41) is 3.32. The van der Waals surface area contributed by atoms with E-state index in [1.165, 1.54) is 11.1 Å². The molecule has 0 aliphatic carbocycles. The molecule has 0 spiro atoms. The molecule has 5 heteroatoms. The lowest BCUT2D eigenvalue weighted by molar-refractivity contribution is -0.174. The molecule has 0 aromatic heterocycles. The lowest BCUT2D eigenvalue weighted by atomic mass is 9.91. The van der Waals surface area contributed by atoms with Gasteiger partial charge in [-0.15, -0.1) is 0 Å². The number of nitrogens with one attached hydrogen (secondary N) is 1. The van der Waals surface area contributed by atoms with Crippen molar-refractivity contribution >= 4 is 0 Å². The second-order valence-corrected chi connectivity index (χ2v) is 5.17. The third-order valence-corrected chi connectivity index (χ3v) is 3.38. The summed E-state index contributed by atoms with van der Waals surface area (Å²) < 4.78 is 40.6. The Balaban J connectivity index is 2.46. The Hall–Kier alpha value is -1.07. The highest BCUT2D eigenvalue weighted by Gasteiger charge is 2.27. The summed E-state index contributed by atoms with van der Waals surface area (Å²) in [7, 11) is 0. The van der Waals surface area contributed by atoms with E-state index in [0.29, 0.717) is 12.3 Å². The lowest BCUT2D eigenvalue weighted by Crippen LogP contribution is -2.22. The molecule has 0 aliphatic rings. The molecule has 0 aliphatic heterocycles. The van der Waals surface area contributed by atoms with E-state index in [1.807, 2.05) is 19.1 Å². The average Bonchev–Trinajstić information content (AvgIpc) is 2.41. The number of ether oxygens (including phenoxy) is 1. The van der Waals surface area contributed by atoms with Crippen molar-refractivity contribution in [3.8, 4) is 0 Å². The Bertz CT molecular complexity index is 407. The second kappa shape index (κ2) is 9.05. The van der Waals surface area contributed by atoms with Crippen LogP contribution in [0.3, 0.4) is 0 Å². The largest absolute Gasteiger partial charge is 0.411 e. The third kappa shape index (κ3) is 7.48. The molecule has 1 N–H and O–H groups in total. The van der Waals surface area contributed by atoms with Gasteiger partial charge in [0.25, 0.3) is 0 Å². The zero-order valence-electron chi connectivity index (χ0n) is 12.7. The van der Waals surface area contributed by atoms with Crippen LogP contribution in [-0.2, 0) is 4.74 Å². The van der Waals surface area contributed by atoms with Crippen LogP contribution in [-0.4, -0.2) is 32.5 Å². The Morgan fingerprint density at radius 2 is 1.95 bits per heavy atom. The second-order valence-electron chi connectivity index (χ2n) is 5.17. The van der Waals surface area contributed by atoms with Crippen molar-refractivity contribution in [1.29, 1.82) is 0 Å². The van der Waals surface area contributed by atoms with Crippen LogP contribution >= 0.6 is 0 Å². The highest BCUT2D eigenvalue weighted by Crippen LogP contribution is 2.24. The minimum atomic E-state index is -4.24. The molecule has 0 amide bonds. The minimum Gasteiger partial charge on any atom is -0.372 e. The van der Waals surface area contributed by atoms with Gasteiger partial charge in [0.1, 0.15) is 6.61 Å². The minimum absolute atomic E-state index is 0.147. The number of hydrogen-bond acceptors (Lipinski definition) is 2. The molecule has 0 bridgehead atoms. The normalized spacial score (nSPS) is 13.4. The molecule has 21 heavy (non-hydrogen) atoms. The summed E-state index contributed by atoms with van der Waals surface area (Å²) >= 11 is 0. The van der Waals surface area contributed by atoms with E-state index in [1.54, 1.807) is 0 Å². The number of hydrogen-bond donors (Lipinski definition) is 1. The maximum absolute atomic E-state index is 12.0. The van der Waals surface area contributed by atoms with Crippen LogP contribution in [0.4, 0.5) is 13.2 Å². The van der Waals surface area contributed by atoms with Crippen LogP contribution < -0.4 is 5.32 Å². The fourth-order valence-corrected chi connectivity index (χ4v) is 2.35. The number of rotatable bonds is 9. The first-order valence-corrected chi connectivity index (χ1v) is 7.34. The van der Waals surface area contributed by atoms with Crippen molar-refractivity contribution in [2.24, 2.45) is 0 Å². The fraction of sp³-hybridized carbons (Fsp3) is 0.625. The van der Waals surface area contributed by atoms with Gasteiger partial charge in [-0.2, -0.15) is 13.2 Å². The topological polar surface area (TPSA) is 21.3 Å². The van der Waals surface area contributed by atoms with Gasteiger partial charge in [-0.3, -0.25) is 0 Å². The molecule has 2 nitrogen and oxygen atoms in total. The maximum atomic E-state index is 12.0. The number of alkyl halides is 3. The monoisotopic (exact) mass is 303 g/mol. The molecule has 120 valence electrons. The lowest BCUT2D eigenvalue weighted by Gasteiger charge is -2.20. The van der Waals surface area contributed by atoms with Gasteiger partial charge in [-0.05, 0) is 43.4 Å². The summed E-state index contributed by atoms with van der Waals surface area (Å²) in [6.45, 7) is 4.81. The standard InChI is InChI=1S/C16H24F3NO/c1-3-20-11-14(15-9-5-4-7-13(15)2)8-6-10-21-12-16(17,18)19/h4-5,7,9,14,20H,3,6,8,10-12H2,1-2H3. The molecule has 1 unspecified atom stereocenters. The summed E-state index contributed by atoms with van der Waals surface area (Å²) in [6, 6.07) is 8.15. The van der Waals surface area contributed by atoms with Crippen LogP contribution in [0.5, 0.6) is 0 Å². The van der Waals surface area contributed by atoms with E-state index in [-0.39, 0.29) is 6.61 Å². The highest BCUT2D eigenvalue weighted by molar-refractivity contribution is 5.29. The van der Waals surface area contributed by atoms with Gasteiger partial charge in [0.05, 0.1) is 0 Å². The SMILES string of the molecule is CCNCC(CCCOCC(F)(F)F)c1ccccc1C. The summed E-state index contributed by atoms with van der Waals surface area (Å²) in [5.41, 5.74) is 2.48. The van der Waals surface area contributed by atoms with Gasteiger partial charge >= 0.3 is 6.18 Å². The van der Waals surface area contributed by atoms with Crippen molar-refractivity contribution < 1.29 is 17.9 Å². The summed E-state index contributed by atoms with van der Waals surface area (Å²) in [5.74, 6) is 0.306. The van der Waals surface area contributed by atoms with Crippen LogP contribution in [0.15, 0.2) is 24.3 Å². The first kappa shape index (κ1) is 18.0. The summed E-state index contributed by atoms with van der Waals surface area (Å²) in [4.78, 5) is 0. The van der Waals surface area contributed by atoms with Crippen molar-refractivity contribution in [1.82, 2.24) is 5.32 Å². The Morgan fingerprint density at radius 1 is 1.24 bits per heavy atom. The Labute approximate surface area is 124 Å². The molecular formula is C16H24F3NO.